The minimum atomic E-state index is -0.770. The van der Waals surface area contributed by atoms with Crippen LogP contribution in [-0.2, 0) is 17.8 Å². The molecule has 0 aromatic heterocycles. The number of hydrogen-bond acceptors (Lipinski definition) is 2. The molecule has 1 rings (SSSR count). The van der Waals surface area contributed by atoms with E-state index >= 15 is 0 Å². The molecular weight excluding hydrogens is 214 g/mol. The quantitative estimate of drug-likeness (QED) is 0.796. The van der Waals surface area contributed by atoms with Crippen molar-refractivity contribution in [2.75, 3.05) is 6.54 Å². The average molecular weight is 235 g/mol. The number of carboxylic acid groups (broad SMARTS) is 1. The summed E-state index contributed by atoms with van der Waals surface area (Å²) in [4.78, 5) is 10.9. The second-order valence-corrected chi connectivity index (χ2v) is 4.91. The fourth-order valence-electron chi connectivity index (χ4n) is 1.66. The van der Waals surface area contributed by atoms with Crippen LogP contribution in [0, 0.1) is 5.41 Å². The van der Waals surface area contributed by atoms with Gasteiger partial charge in [-0.1, -0.05) is 31.2 Å². The van der Waals surface area contributed by atoms with Crippen molar-refractivity contribution in [3.05, 3.63) is 35.4 Å². The van der Waals surface area contributed by atoms with E-state index < -0.39 is 11.4 Å². The normalized spacial score (nSPS) is 11.5. The van der Waals surface area contributed by atoms with Crippen LogP contribution in [-0.4, -0.2) is 17.6 Å². The summed E-state index contributed by atoms with van der Waals surface area (Å²) in [5, 5.41) is 12.2. The highest BCUT2D eigenvalue weighted by Gasteiger charge is 2.26. The number of carboxylic acids is 1. The number of hydrogen-bond donors (Lipinski definition) is 2. The Morgan fingerprint density at radius 2 is 1.88 bits per heavy atom. The molecule has 1 aromatic rings. The lowest BCUT2D eigenvalue weighted by Crippen LogP contribution is -2.35. The van der Waals surface area contributed by atoms with Crippen LogP contribution in [0.15, 0.2) is 24.3 Å². The molecule has 0 heterocycles. The van der Waals surface area contributed by atoms with Gasteiger partial charge < -0.3 is 10.4 Å². The zero-order chi connectivity index (χ0) is 12.9. The average Bonchev–Trinajstić information content (AvgIpc) is 2.29. The van der Waals surface area contributed by atoms with E-state index in [9.17, 15) is 4.79 Å². The monoisotopic (exact) mass is 235 g/mol. The van der Waals surface area contributed by atoms with E-state index in [4.69, 9.17) is 5.11 Å². The Bertz CT molecular complexity index is 386. The summed E-state index contributed by atoms with van der Waals surface area (Å²) in [6.45, 7) is 6.78. The number of aliphatic carboxylic acids is 1. The van der Waals surface area contributed by atoms with Crippen LogP contribution in [0.1, 0.15) is 31.9 Å². The molecule has 2 N–H and O–H groups in total. The Kier molecular flexibility index (Phi) is 4.70. The second-order valence-electron chi connectivity index (χ2n) is 4.91. The summed E-state index contributed by atoms with van der Waals surface area (Å²) in [5.74, 6) is -0.770. The zero-order valence-corrected chi connectivity index (χ0v) is 10.8. The van der Waals surface area contributed by atoms with Crippen LogP contribution in [0.4, 0.5) is 0 Å². The summed E-state index contributed by atoms with van der Waals surface area (Å²) in [6, 6.07) is 8.24. The van der Waals surface area contributed by atoms with Gasteiger partial charge in [-0.25, -0.2) is 0 Å². The lowest BCUT2D eigenvalue weighted by Gasteiger charge is -2.20. The maximum absolute atomic E-state index is 10.9. The van der Waals surface area contributed by atoms with E-state index in [-0.39, 0.29) is 0 Å². The highest BCUT2D eigenvalue weighted by molar-refractivity contribution is 5.73. The first-order valence-corrected chi connectivity index (χ1v) is 5.98. The van der Waals surface area contributed by atoms with Gasteiger partial charge in [0, 0.05) is 13.1 Å². The molecule has 3 heteroatoms. The molecule has 0 unspecified atom stereocenters. The van der Waals surface area contributed by atoms with E-state index in [0.29, 0.717) is 6.54 Å². The summed E-state index contributed by atoms with van der Waals surface area (Å²) >= 11 is 0. The third-order valence-corrected chi connectivity index (χ3v) is 2.96. The highest BCUT2D eigenvalue weighted by Crippen LogP contribution is 2.14. The Morgan fingerprint density at radius 3 is 2.41 bits per heavy atom. The fraction of sp³-hybridized carbons (Fsp3) is 0.500. The second kappa shape index (κ2) is 5.82. The minimum absolute atomic E-state index is 0.473. The van der Waals surface area contributed by atoms with E-state index in [1.807, 2.05) is 12.1 Å². The summed E-state index contributed by atoms with van der Waals surface area (Å²) in [5.41, 5.74) is 1.84. The van der Waals surface area contributed by atoms with Gasteiger partial charge in [0.15, 0.2) is 0 Å². The SMILES string of the molecule is CCc1ccccc1CNCC(C)(C)C(=O)O. The molecule has 94 valence electrons. The predicted molar refractivity (Wildman–Crippen MR) is 68.9 cm³/mol. The van der Waals surface area contributed by atoms with Crippen LogP contribution in [0.25, 0.3) is 0 Å². The molecule has 0 saturated heterocycles. The lowest BCUT2D eigenvalue weighted by molar-refractivity contribution is -0.146. The maximum atomic E-state index is 10.9. The minimum Gasteiger partial charge on any atom is -0.481 e. The van der Waals surface area contributed by atoms with Gasteiger partial charge in [0.2, 0.25) is 0 Å². The first-order valence-electron chi connectivity index (χ1n) is 5.98. The van der Waals surface area contributed by atoms with Crippen LogP contribution in [0.5, 0.6) is 0 Å². The molecule has 0 bridgehead atoms. The van der Waals surface area contributed by atoms with Gasteiger partial charge in [-0.05, 0) is 31.4 Å². The van der Waals surface area contributed by atoms with Gasteiger partial charge in [-0.3, -0.25) is 4.79 Å². The smallest absolute Gasteiger partial charge is 0.310 e. The molecule has 0 aliphatic heterocycles. The summed E-state index contributed by atoms with van der Waals surface area (Å²) in [6.07, 6.45) is 1.00. The molecule has 0 aliphatic carbocycles. The standard InChI is InChI=1S/C14H21NO2/c1-4-11-7-5-6-8-12(11)9-15-10-14(2,3)13(16)17/h5-8,15H,4,9-10H2,1-3H3,(H,16,17). The third kappa shape index (κ3) is 3.86. The zero-order valence-electron chi connectivity index (χ0n) is 10.8. The van der Waals surface area contributed by atoms with Crippen molar-refractivity contribution in [2.45, 2.75) is 33.7 Å². The Balaban J connectivity index is 2.54. The molecule has 3 nitrogen and oxygen atoms in total. The topological polar surface area (TPSA) is 49.3 Å². The fourth-order valence-corrected chi connectivity index (χ4v) is 1.66. The lowest BCUT2D eigenvalue weighted by atomic mass is 9.93. The molecular formula is C14H21NO2. The van der Waals surface area contributed by atoms with Gasteiger partial charge >= 0.3 is 5.97 Å². The van der Waals surface area contributed by atoms with Crippen molar-refractivity contribution in [1.82, 2.24) is 5.32 Å². The summed E-state index contributed by atoms with van der Waals surface area (Å²) < 4.78 is 0. The van der Waals surface area contributed by atoms with Gasteiger partial charge in [0.25, 0.3) is 0 Å². The predicted octanol–water partition coefficient (Wildman–Crippen LogP) is 2.45. The van der Waals surface area contributed by atoms with E-state index in [0.717, 1.165) is 13.0 Å². The van der Waals surface area contributed by atoms with Crippen molar-refractivity contribution >= 4 is 5.97 Å². The molecule has 17 heavy (non-hydrogen) atoms. The number of aryl methyl sites for hydroxylation is 1. The third-order valence-electron chi connectivity index (χ3n) is 2.96. The van der Waals surface area contributed by atoms with Crippen molar-refractivity contribution < 1.29 is 9.90 Å². The van der Waals surface area contributed by atoms with Crippen molar-refractivity contribution in [3.8, 4) is 0 Å². The molecule has 0 amide bonds. The van der Waals surface area contributed by atoms with Gasteiger partial charge in [0.05, 0.1) is 5.41 Å². The number of rotatable bonds is 6. The Morgan fingerprint density at radius 1 is 1.29 bits per heavy atom. The summed E-state index contributed by atoms with van der Waals surface area (Å²) in [7, 11) is 0. The Labute approximate surface area is 103 Å². The Hall–Kier alpha value is -1.35. The highest BCUT2D eigenvalue weighted by atomic mass is 16.4. The molecule has 0 aliphatic rings. The number of nitrogens with one attached hydrogen (secondary N) is 1. The van der Waals surface area contributed by atoms with Crippen molar-refractivity contribution in [1.29, 1.82) is 0 Å². The molecule has 1 aromatic carbocycles. The molecule has 0 radical (unpaired) electrons. The van der Waals surface area contributed by atoms with Crippen molar-refractivity contribution in [2.24, 2.45) is 5.41 Å². The maximum Gasteiger partial charge on any atom is 0.310 e. The van der Waals surface area contributed by atoms with E-state index in [1.54, 1.807) is 13.8 Å². The van der Waals surface area contributed by atoms with Crippen molar-refractivity contribution in [3.63, 3.8) is 0 Å². The first kappa shape index (κ1) is 13.7. The van der Waals surface area contributed by atoms with Gasteiger partial charge in [0.1, 0.15) is 0 Å². The van der Waals surface area contributed by atoms with Gasteiger partial charge in [-0.2, -0.15) is 0 Å². The number of benzene rings is 1. The van der Waals surface area contributed by atoms with Crippen LogP contribution in [0.2, 0.25) is 0 Å². The first-order chi connectivity index (χ1) is 7.97. The van der Waals surface area contributed by atoms with Crippen LogP contribution < -0.4 is 5.32 Å². The number of carbonyl (C=O) groups is 1. The van der Waals surface area contributed by atoms with E-state index in [2.05, 4.69) is 24.4 Å². The van der Waals surface area contributed by atoms with Crippen LogP contribution in [0.3, 0.4) is 0 Å². The molecule has 0 fully saturated rings. The molecule has 0 saturated carbocycles. The molecule has 0 atom stereocenters. The van der Waals surface area contributed by atoms with E-state index in [1.165, 1.54) is 11.1 Å². The largest absolute Gasteiger partial charge is 0.481 e. The molecule has 0 spiro atoms. The van der Waals surface area contributed by atoms with Crippen LogP contribution >= 0.6 is 0 Å². The van der Waals surface area contributed by atoms with Gasteiger partial charge in [-0.15, -0.1) is 0 Å².